The molecule has 4 heteroatoms. The molecule has 0 aliphatic heterocycles. The number of hydrogen-bond donors (Lipinski definition) is 1. The second-order valence-corrected chi connectivity index (χ2v) is 5.14. The van der Waals surface area contributed by atoms with Gasteiger partial charge in [0, 0.05) is 11.6 Å². The van der Waals surface area contributed by atoms with Crippen molar-refractivity contribution < 1.29 is 0 Å². The van der Waals surface area contributed by atoms with Gasteiger partial charge in [0.05, 0.1) is 27.5 Å². The van der Waals surface area contributed by atoms with Gasteiger partial charge in [0.1, 0.15) is 6.07 Å². The largest absolute Gasteiger partial charge is 0.352 e. The summed E-state index contributed by atoms with van der Waals surface area (Å²) in [6, 6.07) is 15.6. The zero-order chi connectivity index (χ0) is 14.8. The zero-order valence-electron chi connectivity index (χ0n) is 11.4. The summed E-state index contributed by atoms with van der Waals surface area (Å²) in [5.41, 5.74) is 3.90. The highest BCUT2D eigenvalue weighted by molar-refractivity contribution is 6.33. The summed E-state index contributed by atoms with van der Waals surface area (Å²) in [5, 5.41) is 14.2. The Balaban J connectivity index is 2.22. The predicted octanol–water partition coefficient (Wildman–Crippen LogP) is 4.81. The second-order valence-electron chi connectivity index (χ2n) is 4.73. The monoisotopic (exact) mass is 293 g/mol. The van der Waals surface area contributed by atoms with Crippen molar-refractivity contribution in [2.45, 2.75) is 6.92 Å². The number of aryl methyl sites for hydroxylation is 1. The van der Waals surface area contributed by atoms with Crippen LogP contribution in [0.5, 0.6) is 0 Å². The topological polar surface area (TPSA) is 48.7 Å². The molecule has 3 aromatic rings. The van der Waals surface area contributed by atoms with Crippen LogP contribution in [0.1, 0.15) is 11.1 Å². The van der Waals surface area contributed by atoms with Crippen LogP contribution >= 0.6 is 11.6 Å². The Hall–Kier alpha value is -2.57. The number of fused-ring (bicyclic) bond motifs is 1. The van der Waals surface area contributed by atoms with Gasteiger partial charge < -0.3 is 5.32 Å². The van der Waals surface area contributed by atoms with E-state index in [0.717, 1.165) is 27.8 Å². The van der Waals surface area contributed by atoms with Gasteiger partial charge >= 0.3 is 0 Å². The second kappa shape index (κ2) is 5.43. The quantitative estimate of drug-likeness (QED) is 0.737. The van der Waals surface area contributed by atoms with Crippen molar-refractivity contribution in [1.82, 2.24) is 4.98 Å². The highest BCUT2D eigenvalue weighted by Gasteiger charge is 2.11. The average molecular weight is 294 g/mol. The van der Waals surface area contributed by atoms with Crippen molar-refractivity contribution in [3.8, 4) is 6.07 Å². The van der Waals surface area contributed by atoms with Crippen LogP contribution in [-0.4, -0.2) is 4.98 Å². The normalized spacial score (nSPS) is 10.3. The first-order valence-corrected chi connectivity index (χ1v) is 6.88. The fraction of sp³-hybridized carbons (Fsp3) is 0.0588. The molecule has 102 valence electrons. The van der Waals surface area contributed by atoms with Gasteiger partial charge in [0.15, 0.2) is 0 Å². The number of halogens is 1. The van der Waals surface area contributed by atoms with Crippen LogP contribution < -0.4 is 5.32 Å². The Labute approximate surface area is 127 Å². The van der Waals surface area contributed by atoms with E-state index >= 15 is 0 Å². The molecule has 0 unspecified atom stereocenters. The number of benzene rings is 2. The first kappa shape index (κ1) is 13.4. The number of anilines is 2. The summed E-state index contributed by atoms with van der Waals surface area (Å²) in [6.07, 6.45) is 1.58. The molecular formula is C17H12ClN3. The number of nitrogens with zero attached hydrogens (tertiary/aromatic N) is 2. The third-order valence-corrected chi connectivity index (χ3v) is 3.68. The Kier molecular flexibility index (Phi) is 3.47. The van der Waals surface area contributed by atoms with Gasteiger partial charge in [-0.3, -0.25) is 4.98 Å². The van der Waals surface area contributed by atoms with Crippen molar-refractivity contribution in [3.05, 3.63) is 64.8 Å². The summed E-state index contributed by atoms with van der Waals surface area (Å²) in [6.45, 7) is 1.98. The molecule has 0 saturated heterocycles. The molecule has 1 aromatic heterocycles. The van der Waals surface area contributed by atoms with E-state index in [1.165, 1.54) is 0 Å². The molecule has 0 amide bonds. The summed E-state index contributed by atoms with van der Waals surface area (Å²) < 4.78 is 0. The summed E-state index contributed by atoms with van der Waals surface area (Å²) >= 11 is 6.27. The number of nitrogens with one attached hydrogen (secondary N) is 1. The van der Waals surface area contributed by atoms with Crippen LogP contribution in [0.3, 0.4) is 0 Å². The first-order valence-electron chi connectivity index (χ1n) is 6.50. The molecule has 3 rings (SSSR count). The van der Waals surface area contributed by atoms with Gasteiger partial charge in [0.25, 0.3) is 0 Å². The maximum atomic E-state index is 9.33. The predicted molar refractivity (Wildman–Crippen MR) is 85.9 cm³/mol. The molecule has 0 spiro atoms. The van der Waals surface area contributed by atoms with E-state index in [9.17, 15) is 5.26 Å². The van der Waals surface area contributed by atoms with Crippen LogP contribution in [0.2, 0.25) is 5.02 Å². The van der Waals surface area contributed by atoms with E-state index in [1.807, 2.05) is 49.4 Å². The van der Waals surface area contributed by atoms with Gasteiger partial charge in [-0.05, 0) is 24.6 Å². The van der Waals surface area contributed by atoms with Gasteiger partial charge in [-0.25, -0.2) is 0 Å². The number of rotatable bonds is 2. The van der Waals surface area contributed by atoms with E-state index in [0.29, 0.717) is 10.6 Å². The van der Waals surface area contributed by atoms with E-state index in [4.69, 9.17) is 11.6 Å². The third kappa shape index (κ3) is 2.42. The average Bonchev–Trinajstić information content (AvgIpc) is 2.51. The van der Waals surface area contributed by atoms with Gasteiger partial charge in [-0.1, -0.05) is 41.9 Å². The molecule has 0 bridgehead atoms. The minimum absolute atomic E-state index is 0.494. The fourth-order valence-corrected chi connectivity index (χ4v) is 2.55. The summed E-state index contributed by atoms with van der Waals surface area (Å²) in [5.74, 6) is 0. The lowest BCUT2D eigenvalue weighted by Crippen LogP contribution is -1.99. The number of nitriles is 1. The summed E-state index contributed by atoms with van der Waals surface area (Å²) in [7, 11) is 0. The minimum Gasteiger partial charge on any atom is -0.352 e. The zero-order valence-corrected chi connectivity index (χ0v) is 12.1. The van der Waals surface area contributed by atoms with Crippen molar-refractivity contribution in [1.29, 1.82) is 5.26 Å². The van der Waals surface area contributed by atoms with Crippen molar-refractivity contribution in [3.63, 3.8) is 0 Å². The van der Waals surface area contributed by atoms with E-state index in [2.05, 4.69) is 16.4 Å². The number of para-hydroxylation sites is 2. The van der Waals surface area contributed by atoms with Crippen LogP contribution in [0, 0.1) is 18.3 Å². The summed E-state index contributed by atoms with van der Waals surface area (Å²) in [4.78, 5) is 4.30. The molecule has 0 fully saturated rings. The Morgan fingerprint density at radius 1 is 1.10 bits per heavy atom. The van der Waals surface area contributed by atoms with E-state index in [-0.39, 0.29) is 0 Å². The van der Waals surface area contributed by atoms with Gasteiger partial charge in [0.2, 0.25) is 0 Å². The highest BCUT2D eigenvalue weighted by Crippen LogP contribution is 2.33. The molecule has 3 nitrogen and oxygen atoms in total. The molecule has 21 heavy (non-hydrogen) atoms. The van der Waals surface area contributed by atoms with Crippen LogP contribution in [-0.2, 0) is 0 Å². The van der Waals surface area contributed by atoms with Gasteiger partial charge in [-0.15, -0.1) is 0 Å². The molecule has 0 atom stereocenters. The molecule has 2 aromatic carbocycles. The molecule has 0 aliphatic carbocycles. The van der Waals surface area contributed by atoms with Crippen LogP contribution in [0.4, 0.5) is 11.4 Å². The van der Waals surface area contributed by atoms with Crippen LogP contribution in [0.15, 0.2) is 48.7 Å². The smallest absolute Gasteiger partial charge is 0.103 e. The SMILES string of the molecule is Cc1cccc(Cl)c1Nc1c(C#N)cnc2ccccc12. The molecule has 0 radical (unpaired) electrons. The van der Waals surface area contributed by atoms with Gasteiger partial charge in [-0.2, -0.15) is 5.26 Å². The van der Waals surface area contributed by atoms with E-state index < -0.39 is 0 Å². The lowest BCUT2D eigenvalue weighted by atomic mass is 10.1. The first-order chi connectivity index (χ1) is 10.2. The van der Waals surface area contributed by atoms with Crippen molar-refractivity contribution >= 4 is 33.9 Å². The van der Waals surface area contributed by atoms with Crippen molar-refractivity contribution in [2.24, 2.45) is 0 Å². The Morgan fingerprint density at radius 2 is 1.90 bits per heavy atom. The van der Waals surface area contributed by atoms with E-state index in [1.54, 1.807) is 6.20 Å². The number of hydrogen-bond acceptors (Lipinski definition) is 3. The molecule has 1 heterocycles. The maximum Gasteiger partial charge on any atom is 0.103 e. The number of pyridine rings is 1. The van der Waals surface area contributed by atoms with Crippen molar-refractivity contribution in [2.75, 3.05) is 5.32 Å². The third-order valence-electron chi connectivity index (χ3n) is 3.37. The lowest BCUT2D eigenvalue weighted by molar-refractivity contribution is 1.35. The highest BCUT2D eigenvalue weighted by atomic mass is 35.5. The maximum absolute atomic E-state index is 9.33. The Morgan fingerprint density at radius 3 is 2.67 bits per heavy atom. The standard InChI is InChI=1S/C17H12ClN3/c1-11-5-4-7-14(18)16(11)21-17-12(9-19)10-20-15-8-3-2-6-13(15)17/h2-8,10H,1H3,(H,20,21). The lowest BCUT2D eigenvalue weighted by Gasteiger charge is -2.14. The molecule has 0 aliphatic rings. The minimum atomic E-state index is 0.494. The number of aromatic nitrogens is 1. The molecular weight excluding hydrogens is 282 g/mol. The Bertz CT molecular complexity index is 845. The van der Waals surface area contributed by atoms with Crippen LogP contribution in [0.25, 0.3) is 10.9 Å². The molecule has 0 saturated carbocycles. The molecule has 1 N–H and O–H groups in total. The fourth-order valence-electron chi connectivity index (χ4n) is 2.28.